The zero-order valence-electron chi connectivity index (χ0n) is 5.13. The molecule has 1 aromatic heterocycles. The molecule has 0 aliphatic carbocycles. The number of nitrogens with one attached hydrogen (secondary N) is 2. The fourth-order valence-electron chi connectivity index (χ4n) is 0.585. The lowest BCUT2D eigenvalue weighted by Crippen LogP contribution is -1.89. The second kappa shape index (κ2) is 3.17. The van der Waals surface area contributed by atoms with Gasteiger partial charge in [0.25, 0.3) is 0 Å². The van der Waals surface area contributed by atoms with E-state index in [0.29, 0.717) is 5.17 Å². The molecule has 0 aromatic carbocycles. The highest BCUT2D eigenvalue weighted by Crippen LogP contribution is 2.00. The number of nitrogens with zero attached hydrogens (tertiary/aromatic N) is 1. The van der Waals surface area contributed by atoms with Crippen LogP contribution in [0, 0.1) is 5.41 Å². The van der Waals surface area contributed by atoms with E-state index in [0.717, 1.165) is 12.0 Å². The van der Waals surface area contributed by atoms with Crippen molar-refractivity contribution in [3.63, 3.8) is 0 Å². The van der Waals surface area contributed by atoms with Gasteiger partial charge < -0.3 is 4.98 Å². The zero-order valence-corrected chi connectivity index (χ0v) is 5.89. The summed E-state index contributed by atoms with van der Waals surface area (Å²) in [6, 6.07) is 3.60. The molecule has 0 atom stereocenters. The third kappa shape index (κ3) is 1.45. The smallest absolute Gasteiger partial charge is 0.154 e. The summed E-state index contributed by atoms with van der Waals surface area (Å²) in [7, 11) is 0. The van der Waals surface area contributed by atoms with Crippen LogP contribution in [0.4, 0.5) is 0 Å². The van der Waals surface area contributed by atoms with Gasteiger partial charge in [-0.05, 0) is 12.1 Å². The molecule has 0 fully saturated rings. The van der Waals surface area contributed by atoms with Gasteiger partial charge in [0.15, 0.2) is 5.17 Å². The molecule has 0 radical (unpaired) electrons. The lowest BCUT2D eigenvalue weighted by atomic mass is 10.5. The first-order valence-electron chi connectivity index (χ1n) is 2.70. The summed E-state index contributed by atoms with van der Waals surface area (Å²) in [5.74, 6) is 0. The van der Waals surface area contributed by atoms with E-state index in [-0.39, 0.29) is 0 Å². The number of aromatic nitrogens is 1. The van der Waals surface area contributed by atoms with Crippen LogP contribution in [-0.4, -0.2) is 16.5 Å². The lowest BCUT2D eigenvalue weighted by Gasteiger charge is -1.87. The molecule has 52 valence electrons. The molecule has 0 unspecified atom stereocenters. The Morgan fingerprint density at radius 3 is 3.10 bits per heavy atom. The molecule has 0 aliphatic heterocycles. The average Bonchev–Trinajstić information content (AvgIpc) is 2.38. The normalized spacial score (nSPS) is 11.5. The van der Waals surface area contributed by atoms with E-state index in [2.05, 4.69) is 9.98 Å². The predicted molar refractivity (Wildman–Crippen MR) is 42.0 cm³/mol. The van der Waals surface area contributed by atoms with E-state index in [1.807, 2.05) is 6.07 Å². The van der Waals surface area contributed by atoms with Crippen LogP contribution in [0.15, 0.2) is 23.3 Å². The molecule has 3 nitrogen and oxygen atoms in total. The van der Waals surface area contributed by atoms with Gasteiger partial charge >= 0.3 is 0 Å². The molecule has 1 aromatic rings. The second-order valence-corrected chi connectivity index (χ2v) is 1.99. The first kappa shape index (κ1) is 7.02. The minimum Gasteiger partial charge on any atom is -0.359 e. The van der Waals surface area contributed by atoms with Crippen molar-refractivity contribution in [2.75, 3.05) is 0 Å². The molecule has 0 saturated carbocycles. The molecule has 0 saturated heterocycles. The molecule has 0 aliphatic rings. The molecular formula is C6H6ClN3. The van der Waals surface area contributed by atoms with Crippen molar-refractivity contribution in [3.05, 3.63) is 24.0 Å². The first-order chi connectivity index (χ1) is 4.84. The molecule has 1 heterocycles. The van der Waals surface area contributed by atoms with Gasteiger partial charge in [-0.2, -0.15) is 0 Å². The van der Waals surface area contributed by atoms with Crippen molar-refractivity contribution in [2.24, 2.45) is 4.99 Å². The van der Waals surface area contributed by atoms with E-state index >= 15 is 0 Å². The fourth-order valence-corrected chi connectivity index (χ4v) is 0.751. The van der Waals surface area contributed by atoms with Gasteiger partial charge in [-0.15, -0.1) is 0 Å². The van der Waals surface area contributed by atoms with Gasteiger partial charge in [0, 0.05) is 6.20 Å². The van der Waals surface area contributed by atoms with Crippen LogP contribution in [0.5, 0.6) is 0 Å². The summed E-state index contributed by atoms with van der Waals surface area (Å²) < 4.78 is 0. The maximum Gasteiger partial charge on any atom is 0.154 e. The minimum atomic E-state index is 0.306. The van der Waals surface area contributed by atoms with Crippen LogP contribution < -0.4 is 0 Å². The number of rotatable bonds is 2. The molecule has 2 N–H and O–H groups in total. The molecular weight excluding hydrogens is 150 g/mol. The number of H-pyrrole nitrogens is 1. The summed E-state index contributed by atoms with van der Waals surface area (Å²) in [6.07, 6.45) is 2.65. The van der Waals surface area contributed by atoms with Crippen LogP contribution in [0.1, 0.15) is 5.69 Å². The van der Waals surface area contributed by atoms with Crippen LogP contribution in [-0.2, 0) is 0 Å². The van der Waals surface area contributed by atoms with Crippen LogP contribution in [0.2, 0.25) is 0 Å². The molecule has 0 bridgehead atoms. The largest absolute Gasteiger partial charge is 0.359 e. The van der Waals surface area contributed by atoms with E-state index < -0.39 is 0 Å². The van der Waals surface area contributed by atoms with Crippen LogP contribution >= 0.6 is 11.6 Å². The Labute approximate surface area is 63.3 Å². The summed E-state index contributed by atoms with van der Waals surface area (Å²) in [5.41, 5.74) is 0.727. The van der Waals surface area contributed by atoms with E-state index in [1.54, 1.807) is 12.3 Å². The fraction of sp³-hybridized carbons (Fsp3) is 0. The van der Waals surface area contributed by atoms with Gasteiger partial charge in [-0.1, -0.05) is 11.6 Å². The zero-order chi connectivity index (χ0) is 7.40. The summed E-state index contributed by atoms with van der Waals surface area (Å²) in [5, 5.41) is 6.93. The number of hydrogen-bond acceptors (Lipinski definition) is 1. The predicted octanol–water partition coefficient (Wildman–Crippen LogP) is 1.61. The Balaban J connectivity index is 2.86. The molecule has 4 heteroatoms. The second-order valence-electron chi connectivity index (χ2n) is 1.63. The third-order valence-corrected chi connectivity index (χ3v) is 1.30. The molecule has 1 rings (SSSR count). The number of hydrogen-bond donors (Lipinski definition) is 2. The van der Waals surface area contributed by atoms with Gasteiger partial charge in [0.2, 0.25) is 0 Å². The molecule has 0 spiro atoms. The van der Waals surface area contributed by atoms with E-state index in [4.69, 9.17) is 17.0 Å². The SMILES string of the molecule is N=CN=C(Cl)c1ccc[nH]1. The van der Waals surface area contributed by atoms with Crippen LogP contribution in [0.25, 0.3) is 0 Å². The highest BCUT2D eigenvalue weighted by atomic mass is 35.5. The van der Waals surface area contributed by atoms with Crippen molar-refractivity contribution in [2.45, 2.75) is 0 Å². The van der Waals surface area contributed by atoms with Gasteiger partial charge in [-0.25, -0.2) is 4.99 Å². The number of halogens is 1. The Morgan fingerprint density at radius 2 is 2.60 bits per heavy atom. The highest BCUT2D eigenvalue weighted by molar-refractivity contribution is 6.69. The van der Waals surface area contributed by atoms with Crippen molar-refractivity contribution in [1.82, 2.24) is 4.98 Å². The number of aromatic amines is 1. The van der Waals surface area contributed by atoms with Crippen molar-refractivity contribution in [1.29, 1.82) is 5.41 Å². The maximum absolute atomic E-state index is 6.62. The Morgan fingerprint density at radius 1 is 1.80 bits per heavy atom. The average molecular weight is 156 g/mol. The van der Waals surface area contributed by atoms with Gasteiger partial charge in [0.1, 0.15) is 6.34 Å². The Bertz CT molecular complexity index is 238. The van der Waals surface area contributed by atoms with Crippen molar-refractivity contribution < 1.29 is 0 Å². The van der Waals surface area contributed by atoms with E-state index in [9.17, 15) is 0 Å². The Kier molecular flexibility index (Phi) is 2.23. The molecule has 10 heavy (non-hydrogen) atoms. The highest BCUT2D eigenvalue weighted by Gasteiger charge is 1.96. The van der Waals surface area contributed by atoms with Gasteiger partial charge in [0.05, 0.1) is 5.69 Å². The monoisotopic (exact) mass is 155 g/mol. The Hall–Kier alpha value is -1.09. The van der Waals surface area contributed by atoms with Crippen molar-refractivity contribution in [3.8, 4) is 0 Å². The quantitative estimate of drug-likeness (QED) is 0.482. The van der Waals surface area contributed by atoms with Crippen LogP contribution in [0.3, 0.4) is 0 Å². The maximum atomic E-state index is 6.62. The molecule has 0 amide bonds. The van der Waals surface area contributed by atoms with Gasteiger partial charge in [-0.3, -0.25) is 5.41 Å². The minimum absolute atomic E-state index is 0.306. The summed E-state index contributed by atoms with van der Waals surface area (Å²) in [6.45, 7) is 0. The lowest BCUT2D eigenvalue weighted by molar-refractivity contribution is 1.38. The topological polar surface area (TPSA) is 52.0 Å². The summed E-state index contributed by atoms with van der Waals surface area (Å²) >= 11 is 5.62. The van der Waals surface area contributed by atoms with Crippen molar-refractivity contribution >= 4 is 23.1 Å². The first-order valence-corrected chi connectivity index (χ1v) is 3.08. The third-order valence-electron chi connectivity index (χ3n) is 0.998. The summed E-state index contributed by atoms with van der Waals surface area (Å²) in [4.78, 5) is 6.42. The van der Waals surface area contributed by atoms with E-state index in [1.165, 1.54) is 0 Å². The standard InChI is InChI=1S/C6H6ClN3/c7-6(10-4-8)5-2-1-3-9-5/h1-4,8-9H. The number of aliphatic imine (C=N–C) groups is 1.